The minimum atomic E-state index is -0.252. The summed E-state index contributed by atoms with van der Waals surface area (Å²) in [5.41, 5.74) is 0.909. The van der Waals surface area contributed by atoms with Gasteiger partial charge in [-0.05, 0) is 57.9 Å². The smallest absolute Gasteiger partial charge is 0.258 e. The van der Waals surface area contributed by atoms with Crippen LogP contribution in [0.5, 0.6) is 5.75 Å². The summed E-state index contributed by atoms with van der Waals surface area (Å²) >= 11 is 0. The first-order valence-corrected chi connectivity index (χ1v) is 9.35. The normalized spacial score (nSPS) is 14.0. The molecule has 0 radical (unpaired) electrons. The highest BCUT2D eigenvalue weighted by molar-refractivity contribution is 5.85. The van der Waals surface area contributed by atoms with E-state index in [-0.39, 0.29) is 36.4 Å². The van der Waals surface area contributed by atoms with Crippen molar-refractivity contribution in [2.75, 3.05) is 26.2 Å². The van der Waals surface area contributed by atoms with Crippen molar-refractivity contribution in [2.24, 2.45) is 0 Å². The Morgan fingerprint density at radius 1 is 1.22 bits per heavy atom. The van der Waals surface area contributed by atoms with E-state index in [2.05, 4.69) is 10.6 Å². The summed E-state index contributed by atoms with van der Waals surface area (Å²) in [6.45, 7) is 9.25. The van der Waals surface area contributed by atoms with Gasteiger partial charge in [0.2, 0.25) is 5.91 Å². The molecule has 7 heteroatoms. The lowest BCUT2D eigenvalue weighted by molar-refractivity contribution is -0.127. The van der Waals surface area contributed by atoms with Gasteiger partial charge in [0.05, 0.1) is 0 Å². The molecule has 1 saturated heterocycles. The van der Waals surface area contributed by atoms with Crippen LogP contribution in [0.25, 0.3) is 0 Å². The molecule has 1 aromatic rings. The minimum absolute atomic E-state index is 0. The van der Waals surface area contributed by atoms with Crippen molar-refractivity contribution in [2.45, 2.75) is 52.1 Å². The minimum Gasteiger partial charge on any atom is -0.484 e. The van der Waals surface area contributed by atoms with Crippen LogP contribution in [-0.2, 0) is 16.1 Å². The van der Waals surface area contributed by atoms with E-state index in [1.165, 1.54) is 0 Å². The van der Waals surface area contributed by atoms with E-state index in [4.69, 9.17) is 4.74 Å². The number of rotatable bonds is 9. The van der Waals surface area contributed by atoms with Crippen LogP contribution >= 0.6 is 12.4 Å². The molecule has 0 spiro atoms. The fourth-order valence-corrected chi connectivity index (χ4v) is 2.87. The molecule has 6 nitrogen and oxygen atoms in total. The monoisotopic (exact) mass is 397 g/mol. The van der Waals surface area contributed by atoms with Gasteiger partial charge in [-0.25, -0.2) is 0 Å². The first-order chi connectivity index (χ1) is 12.3. The van der Waals surface area contributed by atoms with Crippen molar-refractivity contribution in [1.82, 2.24) is 15.5 Å². The van der Waals surface area contributed by atoms with Crippen LogP contribution in [-0.4, -0.2) is 48.5 Å². The highest BCUT2D eigenvalue weighted by atomic mass is 35.5. The van der Waals surface area contributed by atoms with E-state index >= 15 is 0 Å². The molecule has 2 rings (SSSR count). The lowest BCUT2D eigenvalue weighted by Gasteiger charge is -2.20. The van der Waals surface area contributed by atoms with Crippen LogP contribution in [0.4, 0.5) is 0 Å². The molecule has 1 fully saturated rings. The molecule has 27 heavy (non-hydrogen) atoms. The summed E-state index contributed by atoms with van der Waals surface area (Å²) in [7, 11) is 0. The summed E-state index contributed by atoms with van der Waals surface area (Å²) in [6.07, 6.45) is 2.67. The maximum Gasteiger partial charge on any atom is 0.258 e. The average Bonchev–Trinajstić information content (AvgIpc) is 2.97. The number of benzene rings is 1. The van der Waals surface area contributed by atoms with E-state index in [1.807, 2.05) is 49.9 Å². The number of hydrogen-bond acceptors (Lipinski definition) is 4. The van der Waals surface area contributed by atoms with Gasteiger partial charge >= 0.3 is 0 Å². The number of hydrogen-bond donors (Lipinski definition) is 2. The summed E-state index contributed by atoms with van der Waals surface area (Å²) < 4.78 is 5.51. The van der Waals surface area contributed by atoms with Crippen molar-refractivity contribution in [1.29, 1.82) is 0 Å². The van der Waals surface area contributed by atoms with Gasteiger partial charge in [0.25, 0.3) is 5.91 Å². The van der Waals surface area contributed by atoms with E-state index in [9.17, 15) is 9.59 Å². The molecule has 0 atom stereocenters. The lowest BCUT2D eigenvalue weighted by atomic mass is 10.1. The quantitative estimate of drug-likeness (QED) is 0.628. The SMILES string of the molecule is CC(C)(C)NC(=O)COc1ccc(CNCCCN2CCCC2=O)cc1.Cl. The number of likely N-dealkylation sites (tertiary alicyclic amines) is 1. The van der Waals surface area contributed by atoms with Crippen molar-refractivity contribution in [3.8, 4) is 5.75 Å². The topological polar surface area (TPSA) is 70.7 Å². The van der Waals surface area contributed by atoms with Gasteiger partial charge in [0.1, 0.15) is 5.75 Å². The summed E-state index contributed by atoms with van der Waals surface area (Å²) in [6, 6.07) is 7.75. The van der Waals surface area contributed by atoms with Crippen molar-refractivity contribution >= 4 is 24.2 Å². The first kappa shape index (κ1) is 23.2. The standard InChI is InChI=1S/C20H31N3O3.ClH/c1-20(2,3)22-18(24)15-26-17-9-7-16(8-10-17)14-21-11-5-13-23-12-4-6-19(23)25;/h7-10,21H,4-6,11-15H2,1-3H3,(H,22,24);1H. The Hall–Kier alpha value is -1.79. The highest BCUT2D eigenvalue weighted by Crippen LogP contribution is 2.12. The number of amides is 2. The fraction of sp³-hybridized carbons (Fsp3) is 0.600. The molecule has 0 saturated carbocycles. The number of nitrogens with one attached hydrogen (secondary N) is 2. The van der Waals surface area contributed by atoms with Gasteiger partial charge < -0.3 is 20.3 Å². The van der Waals surface area contributed by atoms with Crippen LogP contribution in [0.3, 0.4) is 0 Å². The van der Waals surface area contributed by atoms with Crippen molar-refractivity contribution < 1.29 is 14.3 Å². The van der Waals surface area contributed by atoms with Crippen LogP contribution in [0, 0.1) is 0 Å². The van der Waals surface area contributed by atoms with Gasteiger partial charge in [-0.1, -0.05) is 12.1 Å². The Morgan fingerprint density at radius 3 is 2.52 bits per heavy atom. The maximum absolute atomic E-state index is 11.7. The molecule has 152 valence electrons. The van der Waals surface area contributed by atoms with E-state index < -0.39 is 0 Å². The van der Waals surface area contributed by atoms with Gasteiger partial charge in [0, 0.05) is 31.6 Å². The molecule has 2 N–H and O–H groups in total. The summed E-state index contributed by atoms with van der Waals surface area (Å²) in [5, 5.41) is 6.26. The molecule has 0 unspecified atom stereocenters. The largest absolute Gasteiger partial charge is 0.484 e. The average molecular weight is 398 g/mol. The zero-order valence-corrected chi connectivity index (χ0v) is 17.4. The molecule has 1 aromatic carbocycles. The second kappa shape index (κ2) is 11.1. The Labute approximate surface area is 168 Å². The summed E-state index contributed by atoms with van der Waals surface area (Å²) in [5.74, 6) is 0.849. The molecule has 0 aliphatic carbocycles. The number of halogens is 1. The Kier molecular flexibility index (Phi) is 9.60. The van der Waals surface area contributed by atoms with Gasteiger partial charge in [-0.3, -0.25) is 9.59 Å². The Bertz CT molecular complexity index is 599. The first-order valence-electron chi connectivity index (χ1n) is 9.35. The zero-order chi connectivity index (χ0) is 19.0. The highest BCUT2D eigenvalue weighted by Gasteiger charge is 2.18. The molecule has 1 aliphatic heterocycles. The van der Waals surface area contributed by atoms with Gasteiger partial charge in [-0.15, -0.1) is 12.4 Å². The molecular formula is C20H32ClN3O3. The predicted molar refractivity (Wildman–Crippen MR) is 109 cm³/mol. The molecule has 2 amide bonds. The van der Waals surface area contributed by atoms with E-state index in [0.29, 0.717) is 12.2 Å². The molecule has 1 heterocycles. The Morgan fingerprint density at radius 2 is 1.93 bits per heavy atom. The number of ether oxygens (including phenoxy) is 1. The van der Waals surface area contributed by atoms with Crippen LogP contribution in [0.15, 0.2) is 24.3 Å². The van der Waals surface area contributed by atoms with Gasteiger partial charge in [0.15, 0.2) is 6.61 Å². The van der Waals surface area contributed by atoms with E-state index in [1.54, 1.807) is 0 Å². The third kappa shape index (κ3) is 9.11. The second-order valence-corrected chi connectivity index (χ2v) is 7.75. The maximum atomic E-state index is 11.7. The summed E-state index contributed by atoms with van der Waals surface area (Å²) in [4.78, 5) is 25.2. The van der Waals surface area contributed by atoms with Crippen LogP contribution in [0.1, 0.15) is 45.6 Å². The van der Waals surface area contributed by atoms with Crippen LogP contribution in [0.2, 0.25) is 0 Å². The third-order valence-corrected chi connectivity index (χ3v) is 4.09. The third-order valence-electron chi connectivity index (χ3n) is 4.09. The molecular weight excluding hydrogens is 366 g/mol. The molecule has 1 aliphatic rings. The second-order valence-electron chi connectivity index (χ2n) is 7.75. The predicted octanol–water partition coefficient (Wildman–Crippen LogP) is 2.50. The van der Waals surface area contributed by atoms with Crippen molar-refractivity contribution in [3.05, 3.63) is 29.8 Å². The molecule has 0 aromatic heterocycles. The lowest BCUT2D eigenvalue weighted by Crippen LogP contribution is -2.43. The number of carbonyl (C=O) groups is 2. The number of nitrogens with zero attached hydrogens (tertiary/aromatic N) is 1. The fourth-order valence-electron chi connectivity index (χ4n) is 2.87. The molecule has 0 bridgehead atoms. The Balaban J connectivity index is 0.00000364. The zero-order valence-electron chi connectivity index (χ0n) is 16.5. The van der Waals surface area contributed by atoms with E-state index in [0.717, 1.165) is 44.6 Å². The van der Waals surface area contributed by atoms with Crippen molar-refractivity contribution in [3.63, 3.8) is 0 Å². The van der Waals surface area contributed by atoms with Gasteiger partial charge in [-0.2, -0.15) is 0 Å². The number of carbonyl (C=O) groups excluding carboxylic acids is 2. The van der Waals surface area contributed by atoms with Crippen LogP contribution < -0.4 is 15.4 Å².